The zero-order valence-corrected chi connectivity index (χ0v) is 28.3. The monoisotopic (exact) mass is 602 g/mol. The molecule has 0 spiro atoms. The van der Waals surface area contributed by atoms with Crippen LogP contribution < -0.4 is 5.19 Å². The van der Waals surface area contributed by atoms with Crippen LogP contribution in [0, 0.1) is 0 Å². The van der Waals surface area contributed by atoms with Crippen molar-refractivity contribution in [2.24, 2.45) is 0 Å². The minimum Gasteiger partial charge on any atom is -0.326 e. The lowest BCUT2D eigenvalue weighted by molar-refractivity contribution is 0.595. The molecule has 0 unspecified atom stereocenters. The van der Waals surface area contributed by atoms with E-state index in [4.69, 9.17) is 7.85 Å². The Morgan fingerprint density at radius 3 is 1.36 bits per heavy atom. The van der Waals surface area contributed by atoms with Gasteiger partial charge in [-0.2, -0.15) is 0 Å². The molecule has 0 atom stereocenters. The van der Waals surface area contributed by atoms with Crippen LogP contribution in [0.4, 0.5) is 0 Å². The van der Waals surface area contributed by atoms with Gasteiger partial charge in [-0.25, -0.2) is 4.98 Å². The van der Waals surface area contributed by atoms with Gasteiger partial charge >= 0.3 is 0 Å². The van der Waals surface area contributed by atoms with Crippen molar-refractivity contribution in [1.82, 2.24) is 9.55 Å². The highest BCUT2D eigenvalue weighted by atomic mass is 28.2. The number of imidazole rings is 1. The predicted octanol–water partition coefficient (Wildman–Crippen LogP) is 8.32. The van der Waals surface area contributed by atoms with Crippen LogP contribution >= 0.6 is 0 Å². The van der Waals surface area contributed by atoms with Crippen molar-refractivity contribution >= 4 is 22.6 Å². The van der Waals surface area contributed by atoms with Crippen molar-refractivity contribution < 1.29 is 0 Å². The Bertz CT molecular complexity index is 1610. The van der Waals surface area contributed by atoms with E-state index < -0.39 is 9.52 Å². The molecule has 2 nitrogen and oxygen atoms in total. The van der Waals surface area contributed by atoms with Crippen molar-refractivity contribution in [2.75, 3.05) is 0 Å². The SMILES string of the molecule is CC(C)c1ccc(C([SiH2]c2ccccc2)(c2ccc(C(C)C)cc2)n2ccnc2)cc1.[B]C(c1ccccc1)c1ccccc1. The van der Waals surface area contributed by atoms with Crippen LogP contribution in [0.2, 0.25) is 0 Å². The van der Waals surface area contributed by atoms with E-state index in [1.165, 1.54) is 27.4 Å². The van der Waals surface area contributed by atoms with E-state index in [2.05, 4.69) is 147 Å². The Balaban J connectivity index is 0.000000238. The van der Waals surface area contributed by atoms with Gasteiger partial charge in [0.1, 0.15) is 0 Å². The maximum absolute atomic E-state index is 6.12. The summed E-state index contributed by atoms with van der Waals surface area (Å²) in [5.41, 5.74) is 7.72. The first-order valence-corrected chi connectivity index (χ1v) is 17.4. The molecule has 45 heavy (non-hydrogen) atoms. The second kappa shape index (κ2) is 15.1. The van der Waals surface area contributed by atoms with E-state index in [9.17, 15) is 0 Å². The molecule has 0 bridgehead atoms. The molecular weight excluding hydrogens is 559 g/mol. The number of nitrogens with zero attached hydrogens (tertiary/aromatic N) is 2. The van der Waals surface area contributed by atoms with Crippen molar-refractivity contribution in [1.29, 1.82) is 0 Å². The van der Waals surface area contributed by atoms with Crippen molar-refractivity contribution in [3.8, 4) is 0 Å². The molecule has 6 rings (SSSR count). The average Bonchev–Trinajstić information content (AvgIpc) is 3.64. The van der Waals surface area contributed by atoms with E-state index in [1.54, 1.807) is 0 Å². The Kier molecular flexibility index (Phi) is 10.7. The Labute approximate surface area is 273 Å². The molecule has 1 aromatic heterocycles. The van der Waals surface area contributed by atoms with Crippen LogP contribution in [0.15, 0.2) is 158 Å². The van der Waals surface area contributed by atoms with Gasteiger partial charge in [0.05, 0.1) is 28.9 Å². The molecule has 2 radical (unpaired) electrons. The van der Waals surface area contributed by atoms with Gasteiger partial charge in [-0.15, -0.1) is 0 Å². The fraction of sp³-hybridized carbons (Fsp3) is 0.195. The second-order valence-corrected chi connectivity index (χ2v) is 14.5. The maximum Gasteiger partial charge on any atom is 0.0965 e. The molecule has 0 aliphatic carbocycles. The lowest BCUT2D eigenvalue weighted by Crippen LogP contribution is -2.46. The first kappa shape index (κ1) is 32.0. The minimum atomic E-state index is -0.810. The summed E-state index contributed by atoms with van der Waals surface area (Å²) in [4.78, 5) is 4.46. The summed E-state index contributed by atoms with van der Waals surface area (Å²) in [6.45, 7) is 9.01. The van der Waals surface area contributed by atoms with Gasteiger partial charge < -0.3 is 4.57 Å². The molecule has 224 valence electrons. The molecule has 0 fully saturated rings. The lowest BCUT2D eigenvalue weighted by atomic mass is 9.76. The van der Waals surface area contributed by atoms with Gasteiger partial charge in [-0.05, 0) is 51.0 Å². The third kappa shape index (κ3) is 7.64. The first-order valence-electron chi connectivity index (χ1n) is 16.0. The van der Waals surface area contributed by atoms with Gasteiger partial charge in [-0.1, -0.05) is 172 Å². The smallest absolute Gasteiger partial charge is 0.0965 e. The summed E-state index contributed by atoms with van der Waals surface area (Å²) >= 11 is 0. The topological polar surface area (TPSA) is 17.8 Å². The van der Waals surface area contributed by atoms with Crippen molar-refractivity contribution in [2.45, 2.75) is 50.5 Å². The summed E-state index contributed by atoms with van der Waals surface area (Å²) in [7, 11) is 5.31. The van der Waals surface area contributed by atoms with Gasteiger partial charge in [0.15, 0.2) is 0 Å². The van der Waals surface area contributed by atoms with E-state index >= 15 is 0 Å². The molecule has 0 aliphatic rings. The Morgan fingerprint density at radius 1 is 0.556 bits per heavy atom. The normalized spacial score (nSPS) is 11.7. The molecule has 0 N–H and O–H groups in total. The van der Waals surface area contributed by atoms with Gasteiger partial charge in [0, 0.05) is 12.4 Å². The van der Waals surface area contributed by atoms with Crippen LogP contribution in [0.25, 0.3) is 0 Å². The van der Waals surface area contributed by atoms with E-state index in [0.29, 0.717) is 11.8 Å². The molecular formula is C41H43BN2Si. The molecule has 5 aromatic carbocycles. The molecule has 4 heteroatoms. The molecule has 0 saturated carbocycles. The van der Waals surface area contributed by atoms with Crippen LogP contribution in [0.1, 0.15) is 78.7 Å². The van der Waals surface area contributed by atoms with E-state index in [1.807, 2.05) is 48.9 Å². The number of hydrogen-bond donors (Lipinski definition) is 0. The first-order chi connectivity index (χ1) is 21.9. The molecule has 1 heterocycles. The van der Waals surface area contributed by atoms with Gasteiger partial charge in [0.25, 0.3) is 0 Å². The molecule has 0 aliphatic heterocycles. The minimum absolute atomic E-state index is 0.0163. The lowest BCUT2D eigenvalue weighted by Gasteiger charge is -2.37. The molecule has 0 amide bonds. The van der Waals surface area contributed by atoms with Crippen LogP contribution in [0.3, 0.4) is 0 Å². The number of rotatable bonds is 9. The van der Waals surface area contributed by atoms with Gasteiger partial charge in [0.2, 0.25) is 0 Å². The summed E-state index contributed by atoms with van der Waals surface area (Å²) in [6, 6.07) is 49.8. The maximum atomic E-state index is 6.12. The quantitative estimate of drug-likeness (QED) is 0.152. The largest absolute Gasteiger partial charge is 0.326 e. The summed E-state index contributed by atoms with van der Waals surface area (Å²) < 4.78 is 2.33. The highest BCUT2D eigenvalue weighted by Gasteiger charge is 2.37. The third-order valence-electron chi connectivity index (χ3n) is 8.68. The summed E-state index contributed by atoms with van der Waals surface area (Å²) in [5.74, 6) is 1.03. The Hall–Kier alpha value is -4.41. The fourth-order valence-corrected chi connectivity index (χ4v) is 8.29. The summed E-state index contributed by atoms with van der Waals surface area (Å²) in [5, 5.41) is 1.21. The molecule has 6 aromatic rings. The third-order valence-corrected chi connectivity index (χ3v) is 11.2. The Morgan fingerprint density at radius 2 is 0.978 bits per heavy atom. The average molecular weight is 603 g/mol. The van der Waals surface area contributed by atoms with E-state index in [0.717, 1.165) is 11.1 Å². The number of hydrogen-bond acceptors (Lipinski definition) is 1. The molecule has 0 saturated heterocycles. The van der Waals surface area contributed by atoms with Gasteiger partial charge in [-0.3, -0.25) is 0 Å². The number of aromatic nitrogens is 2. The summed E-state index contributed by atoms with van der Waals surface area (Å²) in [6.07, 6.45) is 6.02. The standard InChI is InChI=1S/C28H32N2Si.C13H11B/c1-21(2)23-10-14-25(15-11-23)28(30-19-18-29-20-30,31-27-8-6-5-7-9-27)26-16-12-24(13-17-26)22(3)4;14-13(11-7-3-1-4-8-11)12-9-5-2-6-10-12/h5-22H,31H2,1-4H3;1-10,13H. The van der Waals surface area contributed by atoms with Crippen LogP contribution in [-0.2, 0) is 5.16 Å². The zero-order chi connectivity index (χ0) is 31.6. The zero-order valence-electron chi connectivity index (χ0n) is 26.9. The van der Waals surface area contributed by atoms with E-state index in [-0.39, 0.29) is 11.0 Å². The highest BCUT2D eigenvalue weighted by molar-refractivity contribution is 6.57. The van der Waals surface area contributed by atoms with Crippen LogP contribution in [0.5, 0.6) is 0 Å². The predicted molar refractivity (Wildman–Crippen MR) is 195 cm³/mol. The highest BCUT2D eigenvalue weighted by Crippen LogP contribution is 2.35. The van der Waals surface area contributed by atoms with Crippen molar-refractivity contribution in [3.63, 3.8) is 0 Å². The van der Waals surface area contributed by atoms with Crippen molar-refractivity contribution in [3.05, 3.63) is 192 Å². The number of benzene rings is 5. The fourth-order valence-electron chi connectivity index (χ4n) is 5.94. The second-order valence-electron chi connectivity index (χ2n) is 12.3. The van der Waals surface area contributed by atoms with Crippen LogP contribution in [-0.4, -0.2) is 26.9 Å².